The van der Waals surface area contributed by atoms with Gasteiger partial charge in [0, 0.05) is 0 Å². The van der Waals surface area contributed by atoms with Crippen LogP contribution in [0.4, 0.5) is 0 Å². The number of benzene rings is 1. The van der Waals surface area contributed by atoms with Gasteiger partial charge >= 0.3 is 0 Å². The Morgan fingerprint density at radius 1 is 1.25 bits per heavy atom. The van der Waals surface area contributed by atoms with Gasteiger partial charge in [-0.25, -0.2) is 0 Å². The van der Waals surface area contributed by atoms with Gasteiger partial charge in [-0.3, -0.25) is 0 Å². The van der Waals surface area contributed by atoms with Crippen molar-refractivity contribution in [3.05, 3.63) is 35.9 Å². The Hall–Kier alpha value is -0.980. The Morgan fingerprint density at radius 3 is 2.60 bits per heavy atom. The van der Waals surface area contributed by atoms with E-state index in [4.69, 9.17) is 14.2 Å². The summed E-state index contributed by atoms with van der Waals surface area (Å²) in [7, 11) is 0. The highest BCUT2D eigenvalue weighted by Crippen LogP contribution is 2.29. The van der Waals surface area contributed by atoms with Gasteiger partial charge in [0.25, 0.3) is 0 Å². The van der Waals surface area contributed by atoms with Gasteiger partial charge in [0.1, 0.15) is 18.3 Å². The summed E-state index contributed by atoms with van der Waals surface area (Å²) in [5.74, 6) is -0.793. The Bertz CT molecular complexity index is 406. The molecule has 1 aliphatic heterocycles. The number of aliphatic hydroxyl groups is 2. The number of aliphatic hydroxyl groups excluding tert-OH is 2. The monoisotopic (exact) mass is 282 g/mol. The molecule has 1 saturated heterocycles. The summed E-state index contributed by atoms with van der Waals surface area (Å²) in [6, 6.07) is 9.74. The maximum atomic E-state index is 10.1. The zero-order chi connectivity index (χ0) is 14.6. The number of hydrogen-bond donors (Lipinski definition) is 2. The van der Waals surface area contributed by atoms with Gasteiger partial charge in [0.05, 0.1) is 19.8 Å². The fraction of sp³-hybridized carbons (Fsp3) is 0.600. The van der Waals surface area contributed by atoms with Gasteiger partial charge in [0.15, 0.2) is 5.79 Å². The lowest BCUT2D eigenvalue weighted by atomic mass is 10.1. The molecular formula is C15H22O5. The SMILES string of the molecule is CC1(C)OC(CO)C(C(O)COCc2ccccc2)O1. The predicted molar refractivity (Wildman–Crippen MR) is 73.0 cm³/mol. The van der Waals surface area contributed by atoms with Crippen molar-refractivity contribution in [2.45, 2.75) is 44.6 Å². The largest absolute Gasteiger partial charge is 0.394 e. The number of hydrogen-bond acceptors (Lipinski definition) is 5. The highest BCUT2D eigenvalue weighted by molar-refractivity contribution is 5.13. The predicted octanol–water partition coefficient (Wildman–Crippen LogP) is 1.08. The summed E-state index contributed by atoms with van der Waals surface area (Å²) >= 11 is 0. The van der Waals surface area contributed by atoms with Gasteiger partial charge in [-0.2, -0.15) is 0 Å². The molecule has 2 N–H and O–H groups in total. The molecule has 112 valence electrons. The third-order valence-corrected chi connectivity index (χ3v) is 3.18. The van der Waals surface area contributed by atoms with Gasteiger partial charge in [-0.1, -0.05) is 30.3 Å². The molecule has 5 nitrogen and oxygen atoms in total. The Labute approximate surface area is 119 Å². The van der Waals surface area contributed by atoms with E-state index < -0.39 is 24.1 Å². The second kappa shape index (κ2) is 6.65. The molecule has 0 aromatic heterocycles. The van der Waals surface area contributed by atoms with E-state index in [0.717, 1.165) is 5.56 Å². The van der Waals surface area contributed by atoms with Crippen molar-refractivity contribution in [1.29, 1.82) is 0 Å². The molecule has 1 aromatic carbocycles. The number of rotatable bonds is 6. The molecule has 2 rings (SSSR count). The van der Waals surface area contributed by atoms with Crippen LogP contribution >= 0.6 is 0 Å². The molecule has 0 amide bonds. The van der Waals surface area contributed by atoms with Crippen molar-refractivity contribution < 1.29 is 24.4 Å². The molecule has 0 aliphatic carbocycles. The van der Waals surface area contributed by atoms with E-state index in [0.29, 0.717) is 6.61 Å². The zero-order valence-corrected chi connectivity index (χ0v) is 11.9. The minimum absolute atomic E-state index is 0.134. The van der Waals surface area contributed by atoms with Crippen molar-refractivity contribution in [2.24, 2.45) is 0 Å². The van der Waals surface area contributed by atoms with Gasteiger partial charge < -0.3 is 24.4 Å². The Balaban J connectivity index is 1.81. The highest BCUT2D eigenvalue weighted by Gasteiger charge is 2.44. The first-order valence-electron chi connectivity index (χ1n) is 6.78. The maximum Gasteiger partial charge on any atom is 0.164 e. The minimum Gasteiger partial charge on any atom is -0.394 e. The summed E-state index contributed by atoms with van der Waals surface area (Å²) in [5, 5.41) is 19.4. The fourth-order valence-electron chi connectivity index (χ4n) is 2.30. The second-order valence-electron chi connectivity index (χ2n) is 5.39. The Kier molecular flexibility index (Phi) is 5.12. The average Bonchev–Trinajstić information content (AvgIpc) is 2.75. The van der Waals surface area contributed by atoms with E-state index in [-0.39, 0.29) is 13.2 Å². The van der Waals surface area contributed by atoms with Crippen LogP contribution in [0.5, 0.6) is 0 Å². The molecule has 0 bridgehead atoms. The van der Waals surface area contributed by atoms with Crippen LogP contribution in [-0.2, 0) is 20.8 Å². The molecule has 0 saturated carbocycles. The normalized spacial score (nSPS) is 26.6. The molecule has 5 heteroatoms. The molecule has 0 radical (unpaired) electrons. The second-order valence-corrected chi connectivity index (χ2v) is 5.39. The first-order chi connectivity index (χ1) is 9.52. The summed E-state index contributed by atoms with van der Waals surface area (Å²) in [6.07, 6.45) is -1.94. The lowest BCUT2D eigenvalue weighted by molar-refractivity contribution is -0.160. The molecule has 1 heterocycles. The first kappa shape index (κ1) is 15.4. The molecule has 20 heavy (non-hydrogen) atoms. The van der Waals surface area contributed by atoms with E-state index in [2.05, 4.69) is 0 Å². The van der Waals surface area contributed by atoms with Crippen molar-refractivity contribution in [3.8, 4) is 0 Å². The van der Waals surface area contributed by atoms with Crippen LogP contribution in [0.3, 0.4) is 0 Å². The summed E-state index contributed by atoms with van der Waals surface area (Å²) in [6.45, 7) is 3.89. The standard InChI is InChI=1S/C15H22O5/c1-15(2)19-13(8-16)14(20-15)12(17)10-18-9-11-6-4-3-5-7-11/h3-7,12-14,16-17H,8-10H2,1-2H3. The van der Waals surface area contributed by atoms with E-state index in [1.54, 1.807) is 13.8 Å². The van der Waals surface area contributed by atoms with E-state index in [9.17, 15) is 10.2 Å². The molecule has 3 unspecified atom stereocenters. The fourth-order valence-corrected chi connectivity index (χ4v) is 2.30. The molecular weight excluding hydrogens is 260 g/mol. The molecule has 0 spiro atoms. The van der Waals surface area contributed by atoms with Gasteiger partial charge in [0.2, 0.25) is 0 Å². The first-order valence-corrected chi connectivity index (χ1v) is 6.78. The van der Waals surface area contributed by atoms with E-state index in [1.165, 1.54) is 0 Å². The van der Waals surface area contributed by atoms with Crippen LogP contribution in [0.2, 0.25) is 0 Å². The van der Waals surface area contributed by atoms with Crippen molar-refractivity contribution in [2.75, 3.05) is 13.2 Å². The van der Waals surface area contributed by atoms with Crippen LogP contribution in [0.25, 0.3) is 0 Å². The van der Waals surface area contributed by atoms with Crippen molar-refractivity contribution in [1.82, 2.24) is 0 Å². The van der Waals surface area contributed by atoms with E-state index in [1.807, 2.05) is 30.3 Å². The third kappa shape index (κ3) is 4.01. The topological polar surface area (TPSA) is 68.2 Å². The average molecular weight is 282 g/mol. The van der Waals surface area contributed by atoms with Crippen LogP contribution in [-0.4, -0.2) is 47.5 Å². The van der Waals surface area contributed by atoms with Crippen molar-refractivity contribution in [3.63, 3.8) is 0 Å². The summed E-state index contributed by atoms with van der Waals surface area (Å²) in [5.41, 5.74) is 1.04. The summed E-state index contributed by atoms with van der Waals surface area (Å²) in [4.78, 5) is 0. The zero-order valence-electron chi connectivity index (χ0n) is 11.9. The van der Waals surface area contributed by atoms with Gasteiger partial charge in [-0.15, -0.1) is 0 Å². The van der Waals surface area contributed by atoms with Crippen LogP contribution in [0, 0.1) is 0 Å². The lowest BCUT2D eigenvalue weighted by Gasteiger charge is -2.21. The van der Waals surface area contributed by atoms with Crippen LogP contribution in [0.15, 0.2) is 30.3 Å². The Morgan fingerprint density at radius 2 is 1.95 bits per heavy atom. The van der Waals surface area contributed by atoms with Crippen LogP contribution < -0.4 is 0 Å². The smallest absolute Gasteiger partial charge is 0.164 e. The number of ether oxygens (including phenoxy) is 3. The lowest BCUT2D eigenvalue weighted by Crippen LogP contribution is -2.40. The van der Waals surface area contributed by atoms with Gasteiger partial charge in [-0.05, 0) is 19.4 Å². The third-order valence-electron chi connectivity index (χ3n) is 3.18. The molecule has 3 atom stereocenters. The van der Waals surface area contributed by atoms with Crippen LogP contribution in [0.1, 0.15) is 19.4 Å². The molecule has 1 aliphatic rings. The quantitative estimate of drug-likeness (QED) is 0.817. The molecule has 1 fully saturated rings. The van der Waals surface area contributed by atoms with E-state index >= 15 is 0 Å². The highest BCUT2D eigenvalue weighted by atomic mass is 16.8. The maximum absolute atomic E-state index is 10.1. The van der Waals surface area contributed by atoms with Crippen molar-refractivity contribution >= 4 is 0 Å². The summed E-state index contributed by atoms with van der Waals surface area (Å²) < 4.78 is 16.6. The molecule has 1 aromatic rings. The minimum atomic E-state index is -0.836.